The molecule has 0 aliphatic heterocycles. The van der Waals surface area contributed by atoms with Crippen molar-refractivity contribution in [2.24, 2.45) is 0 Å². The maximum Gasteiger partial charge on any atom is 0.335 e. The fourth-order valence-corrected chi connectivity index (χ4v) is 1.38. The lowest BCUT2D eigenvalue weighted by Gasteiger charge is -2.05. The first-order valence-corrected chi connectivity index (χ1v) is 5.42. The van der Waals surface area contributed by atoms with Gasteiger partial charge in [-0.25, -0.2) is 4.79 Å². The van der Waals surface area contributed by atoms with Crippen LogP contribution in [0.4, 0.5) is 5.69 Å². The number of nitrogens with one attached hydrogen (secondary N) is 1. The Morgan fingerprint density at radius 2 is 2.00 bits per heavy atom. The average molecular weight is 219 g/mol. The molecule has 0 bridgehead atoms. The molecule has 3 nitrogen and oxygen atoms in total. The van der Waals surface area contributed by atoms with Crippen molar-refractivity contribution in [2.45, 2.75) is 19.3 Å². The summed E-state index contributed by atoms with van der Waals surface area (Å²) in [7, 11) is 0. The number of rotatable bonds is 7. The fraction of sp³-hybridized carbons (Fsp3) is 0.308. The minimum atomic E-state index is -0.891. The lowest BCUT2D eigenvalue weighted by atomic mass is 10.2. The predicted molar refractivity (Wildman–Crippen MR) is 65.9 cm³/mol. The summed E-state index contributed by atoms with van der Waals surface area (Å²) < 4.78 is 0. The molecule has 0 atom stereocenters. The first-order chi connectivity index (χ1) is 7.74. The van der Waals surface area contributed by atoms with Gasteiger partial charge in [0.15, 0.2) is 0 Å². The van der Waals surface area contributed by atoms with Crippen LogP contribution in [-0.4, -0.2) is 17.6 Å². The molecular weight excluding hydrogens is 202 g/mol. The Hall–Kier alpha value is -1.77. The van der Waals surface area contributed by atoms with Crippen molar-refractivity contribution < 1.29 is 9.90 Å². The number of carboxylic acid groups (broad SMARTS) is 1. The third-order valence-electron chi connectivity index (χ3n) is 2.30. The zero-order valence-electron chi connectivity index (χ0n) is 9.28. The molecule has 16 heavy (non-hydrogen) atoms. The Morgan fingerprint density at radius 1 is 1.31 bits per heavy atom. The second-order valence-electron chi connectivity index (χ2n) is 3.59. The molecule has 0 fully saturated rings. The van der Waals surface area contributed by atoms with Crippen molar-refractivity contribution in [3.05, 3.63) is 42.5 Å². The zero-order valence-corrected chi connectivity index (χ0v) is 9.28. The number of unbranched alkanes of at least 4 members (excludes halogenated alkanes) is 2. The van der Waals surface area contributed by atoms with Gasteiger partial charge in [-0.2, -0.15) is 0 Å². The lowest BCUT2D eigenvalue weighted by molar-refractivity contribution is 0.0697. The number of benzene rings is 1. The summed E-state index contributed by atoms with van der Waals surface area (Å²) in [5.41, 5.74) is 1.28. The zero-order chi connectivity index (χ0) is 11.8. The average Bonchev–Trinajstić information content (AvgIpc) is 2.29. The van der Waals surface area contributed by atoms with Gasteiger partial charge >= 0.3 is 5.97 Å². The van der Waals surface area contributed by atoms with Crippen LogP contribution in [0.1, 0.15) is 29.6 Å². The first kappa shape index (κ1) is 12.3. The van der Waals surface area contributed by atoms with Crippen molar-refractivity contribution in [3.63, 3.8) is 0 Å². The lowest BCUT2D eigenvalue weighted by Crippen LogP contribution is -2.02. The summed E-state index contributed by atoms with van der Waals surface area (Å²) in [5.74, 6) is -0.891. The highest BCUT2D eigenvalue weighted by Crippen LogP contribution is 2.09. The monoisotopic (exact) mass is 219 g/mol. The smallest absolute Gasteiger partial charge is 0.335 e. The van der Waals surface area contributed by atoms with Crippen LogP contribution in [0, 0.1) is 0 Å². The Labute approximate surface area is 95.8 Å². The van der Waals surface area contributed by atoms with Gasteiger partial charge < -0.3 is 10.4 Å². The quantitative estimate of drug-likeness (QED) is 0.547. The number of anilines is 1. The normalized spacial score (nSPS) is 9.75. The van der Waals surface area contributed by atoms with E-state index in [9.17, 15) is 4.79 Å². The maximum atomic E-state index is 10.6. The van der Waals surface area contributed by atoms with Crippen molar-refractivity contribution in [3.8, 4) is 0 Å². The number of aromatic carboxylic acids is 1. The van der Waals surface area contributed by atoms with Crippen molar-refractivity contribution in [2.75, 3.05) is 11.9 Å². The molecule has 0 amide bonds. The number of hydrogen-bond acceptors (Lipinski definition) is 2. The van der Waals surface area contributed by atoms with Crippen LogP contribution in [0.15, 0.2) is 36.9 Å². The summed E-state index contributed by atoms with van der Waals surface area (Å²) in [6, 6.07) is 6.79. The van der Waals surface area contributed by atoms with Crippen LogP contribution in [-0.2, 0) is 0 Å². The highest BCUT2D eigenvalue weighted by molar-refractivity contribution is 5.87. The van der Waals surface area contributed by atoms with E-state index < -0.39 is 5.97 Å². The third kappa shape index (κ3) is 4.17. The van der Waals surface area contributed by atoms with Gasteiger partial charge in [-0.1, -0.05) is 6.08 Å². The predicted octanol–water partition coefficient (Wildman–Crippen LogP) is 3.15. The number of allylic oxidation sites excluding steroid dienone is 1. The summed E-state index contributed by atoms with van der Waals surface area (Å²) >= 11 is 0. The van der Waals surface area contributed by atoms with E-state index in [-0.39, 0.29) is 0 Å². The van der Waals surface area contributed by atoms with Gasteiger partial charge in [-0.15, -0.1) is 6.58 Å². The maximum absolute atomic E-state index is 10.6. The van der Waals surface area contributed by atoms with E-state index in [1.807, 2.05) is 6.08 Å². The molecular formula is C13H17NO2. The standard InChI is InChI=1S/C13H17NO2/c1-2-3-4-5-10-14-12-8-6-11(7-9-12)13(15)16/h2,6-9,14H,1,3-5,10H2,(H,15,16). The second-order valence-corrected chi connectivity index (χ2v) is 3.59. The summed E-state index contributed by atoms with van der Waals surface area (Å²) in [4.78, 5) is 10.6. The SMILES string of the molecule is C=CCCCCNc1ccc(C(=O)O)cc1. The molecule has 0 saturated heterocycles. The molecule has 0 aromatic heterocycles. The largest absolute Gasteiger partial charge is 0.478 e. The molecule has 0 radical (unpaired) electrons. The van der Waals surface area contributed by atoms with Crippen molar-refractivity contribution >= 4 is 11.7 Å². The van der Waals surface area contributed by atoms with E-state index in [0.29, 0.717) is 5.56 Å². The first-order valence-electron chi connectivity index (χ1n) is 5.42. The van der Waals surface area contributed by atoms with Gasteiger partial charge in [0, 0.05) is 12.2 Å². The molecule has 86 valence electrons. The molecule has 0 spiro atoms. The fourth-order valence-electron chi connectivity index (χ4n) is 1.38. The molecule has 1 rings (SSSR count). The van der Waals surface area contributed by atoms with E-state index in [4.69, 9.17) is 5.11 Å². The van der Waals surface area contributed by atoms with Gasteiger partial charge in [-0.3, -0.25) is 0 Å². The minimum absolute atomic E-state index is 0.317. The third-order valence-corrected chi connectivity index (χ3v) is 2.30. The molecule has 0 aliphatic rings. The number of carboxylic acids is 1. The Balaban J connectivity index is 2.32. The molecule has 2 N–H and O–H groups in total. The van der Waals surface area contributed by atoms with Crippen LogP contribution in [0.5, 0.6) is 0 Å². The van der Waals surface area contributed by atoms with Gasteiger partial charge in [0.1, 0.15) is 0 Å². The van der Waals surface area contributed by atoms with E-state index in [2.05, 4.69) is 11.9 Å². The summed E-state index contributed by atoms with van der Waals surface area (Å²) in [6.45, 7) is 4.57. The minimum Gasteiger partial charge on any atom is -0.478 e. The molecule has 0 heterocycles. The molecule has 1 aromatic rings. The molecule has 0 saturated carbocycles. The van der Waals surface area contributed by atoms with E-state index in [1.165, 1.54) is 0 Å². The van der Waals surface area contributed by atoms with Gasteiger partial charge in [0.05, 0.1) is 5.56 Å². The van der Waals surface area contributed by atoms with E-state index >= 15 is 0 Å². The molecule has 3 heteroatoms. The summed E-state index contributed by atoms with van der Waals surface area (Å²) in [6.07, 6.45) is 5.18. The highest BCUT2D eigenvalue weighted by Gasteiger charge is 2.00. The molecule has 0 aliphatic carbocycles. The van der Waals surface area contributed by atoms with Crippen molar-refractivity contribution in [1.29, 1.82) is 0 Å². The Morgan fingerprint density at radius 3 is 2.56 bits per heavy atom. The van der Waals surface area contributed by atoms with Crippen molar-refractivity contribution in [1.82, 2.24) is 0 Å². The van der Waals surface area contributed by atoms with Gasteiger partial charge in [-0.05, 0) is 43.5 Å². The van der Waals surface area contributed by atoms with Gasteiger partial charge in [0.25, 0.3) is 0 Å². The Bertz CT molecular complexity index is 343. The second kappa shape index (κ2) is 6.67. The highest BCUT2D eigenvalue weighted by atomic mass is 16.4. The van der Waals surface area contributed by atoms with E-state index in [0.717, 1.165) is 31.5 Å². The van der Waals surface area contributed by atoms with Crippen LogP contribution >= 0.6 is 0 Å². The Kier molecular flexibility index (Phi) is 5.12. The van der Waals surface area contributed by atoms with Gasteiger partial charge in [0.2, 0.25) is 0 Å². The topological polar surface area (TPSA) is 49.3 Å². The van der Waals surface area contributed by atoms with Crippen LogP contribution < -0.4 is 5.32 Å². The number of carbonyl (C=O) groups is 1. The molecule has 0 unspecified atom stereocenters. The van der Waals surface area contributed by atoms with Crippen LogP contribution in [0.3, 0.4) is 0 Å². The molecule has 1 aromatic carbocycles. The summed E-state index contributed by atoms with van der Waals surface area (Å²) in [5, 5.41) is 12.0. The van der Waals surface area contributed by atoms with Crippen LogP contribution in [0.2, 0.25) is 0 Å². The number of hydrogen-bond donors (Lipinski definition) is 2. The van der Waals surface area contributed by atoms with Crippen LogP contribution in [0.25, 0.3) is 0 Å². The van der Waals surface area contributed by atoms with E-state index in [1.54, 1.807) is 24.3 Å².